The lowest BCUT2D eigenvalue weighted by Gasteiger charge is -2.29. The minimum absolute atomic E-state index is 0.175. The molecule has 0 aliphatic carbocycles. The van der Waals surface area contributed by atoms with Crippen molar-refractivity contribution in [3.63, 3.8) is 0 Å². The molecule has 4 aromatic rings. The van der Waals surface area contributed by atoms with Crippen molar-refractivity contribution in [1.29, 1.82) is 0 Å². The van der Waals surface area contributed by atoms with E-state index in [2.05, 4.69) is 31.5 Å². The summed E-state index contributed by atoms with van der Waals surface area (Å²) in [6, 6.07) is 17.4. The molecule has 162 valence electrons. The fourth-order valence-electron chi connectivity index (χ4n) is 4.15. The number of aromatic amines is 1. The number of carbonyl (C=O) groups is 1. The second-order valence-corrected chi connectivity index (χ2v) is 8.24. The molecule has 0 saturated carbocycles. The van der Waals surface area contributed by atoms with E-state index in [9.17, 15) is 9.90 Å². The van der Waals surface area contributed by atoms with Gasteiger partial charge in [0.05, 0.1) is 11.6 Å². The van der Waals surface area contributed by atoms with Gasteiger partial charge in [0.1, 0.15) is 0 Å². The van der Waals surface area contributed by atoms with Crippen LogP contribution in [0.15, 0.2) is 67.0 Å². The van der Waals surface area contributed by atoms with Gasteiger partial charge in [0, 0.05) is 48.7 Å². The van der Waals surface area contributed by atoms with E-state index in [-0.39, 0.29) is 12.0 Å². The van der Waals surface area contributed by atoms with Crippen LogP contribution < -0.4 is 5.32 Å². The summed E-state index contributed by atoms with van der Waals surface area (Å²) in [6.07, 6.45) is 5.19. The summed E-state index contributed by atoms with van der Waals surface area (Å²) < 4.78 is 0. The van der Waals surface area contributed by atoms with Crippen molar-refractivity contribution in [3.8, 4) is 11.1 Å². The molecule has 0 atom stereocenters. The molecule has 1 aliphatic rings. The molecule has 2 aromatic carbocycles. The van der Waals surface area contributed by atoms with Gasteiger partial charge in [-0.05, 0) is 54.3 Å². The zero-order valence-electron chi connectivity index (χ0n) is 17.7. The lowest BCUT2D eigenvalue weighted by molar-refractivity contribution is 0.0792. The third kappa shape index (κ3) is 4.39. The van der Waals surface area contributed by atoms with E-state index in [0.29, 0.717) is 5.69 Å². The number of rotatable bonds is 5. The third-order valence-corrected chi connectivity index (χ3v) is 5.90. The highest BCUT2D eigenvalue weighted by atomic mass is 16.3. The number of carbonyl (C=O) groups excluding carboxylic acids is 1. The number of aromatic nitrogens is 3. The van der Waals surface area contributed by atoms with E-state index in [4.69, 9.17) is 0 Å². The number of para-hydroxylation sites is 1. The first-order valence-corrected chi connectivity index (χ1v) is 10.8. The molecule has 0 bridgehead atoms. The SMILES string of the molecule is O=C(Nc1ccccc1)c1n[nH]c2ccc(-c3cncc(CN4CCC(O)CC4)c3)cc12. The van der Waals surface area contributed by atoms with Crippen LogP contribution >= 0.6 is 0 Å². The fourth-order valence-corrected chi connectivity index (χ4v) is 4.15. The van der Waals surface area contributed by atoms with Crippen LogP contribution in [0.25, 0.3) is 22.0 Å². The second kappa shape index (κ2) is 8.90. The molecular formula is C25H25N5O2. The smallest absolute Gasteiger partial charge is 0.276 e. The molecule has 3 heterocycles. The summed E-state index contributed by atoms with van der Waals surface area (Å²) in [4.78, 5) is 19.6. The van der Waals surface area contributed by atoms with Gasteiger partial charge in [-0.25, -0.2) is 0 Å². The number of nitrogens with one attached hydrogen (secondary N) is 2. The Hall–Kier alpha value is -3.55. The third-order valence-electron chi connectivity index (χ3n) is 5.90. The van der Waals surface area contributed by atoms with Crippen LogP contribution in [0.5, 0.6) is 0 Å². The summed E-state index contributed by atoms with van der Waals surface area (Å²) in [5.74, 6) is -0.251. The Morgan fingerprint density at radius 2 is 1.88 bits per heavy atom. The molecule has 0 unspecified atom stereocenters. The number of likely N-dealkylation sites (tertiary alicyclic amines) is 1. The second-order valence-electron chi connectivity index (χ2n) is 8.24. The predicted octanol–water partition coefficient (Wildman–Crippen LogP) is 3.83. The highest BCUT2D eigenvalue weighted by Crippen LogP contribution is 2.26. The number of aliphatic hydroxyl groups excluding tert-OH is 1. The summed E-state index contributed by atoms with van der Waals surface area (Å²) in [5.41, 5.74) is 5.01. The minimum Gasteiger partial charge on any atom is -0.393 e. The van der Waals surface area contributed by atoms with Crippen LogP contribution in [0, 0.1) is 0 Å². The van der Waals surface area contributed by atoms with Crippen molar-refractivity contribution >= 4 is 22.5 Å². The van der Waals surface area contributed by atoms with E-state index in [1.165, 1.54) is 0 Å². The zero-order valence-corrected chi connectivity index (χ0v) is 17.7. The minimum atomic E-state index is -0.251. The van der Waals surface area contributed by atoms with Crippen LogP contribution in [-0.4, -0.2) is 50.3 Å². The van der Waals surface area contributed by atoms with Crippen molar-refractivity contribution in [2.75, 3.05) is 18.4 Å². The molecule has 1 amide bonds. The molecule has 5 rings (SSSR count). The summed E-state index contributed by atoms with van der Waals surface area (Å²) in [7, 11) is 0. The van der Waals surface area contributed by atoms with E-state index in [0.717, 1.165) is 65.8 Å². The number of H-pyrrole nitrogens is 1. The Kier molecular flexibility index (Phi) is 5.66. The summed E-state index contributed by atoms with van der Waals surface area (Å²) >= 11 is 0. The van der Waals surface area contributed by atoms with Gasteiger partial charge in [-0.3, -0.25) is 19.8 Å². The highest BCUT2D eigenvalue weighted by Gasteiger charge is 2.18. The Labute approximate surface area is 186 Å². The van der Waals surface area contributed by atoms with Crippen LogP contribution in [0.2, 0.25) is 0 Å². The number of fused-ring (bicyclic) bond motifs is 1. The molecule has 1 saturated heterocycles. The quantitative estimate of drug-likeness (QED) is 0.450. The molecule has 1 aliphatic heterocycles. The van der Waals surface area contributed by atoms with Gasteiger partial charge in [-0.2, -0.15) is 5.10 Å². The van der Waals surface area contributed by atoms with Gasteiger partial charge in [0.2, 0.25) is 0 Å². The Morgan fingerprint density at radius 1 is 1.06 bits per heavy atom. The molecule has 3 N–H and O–H groups in total. The molecule has 2 aromatic heterocycles. The fraction of sp³-hybridized carbons (Fsp3) is 0.240. The standard InChI is InChI=1S/C25H25N5O2/c31-21-8-10-30(11-9-21)16-17-12-19(15-26-14-17)18-6-7-23-22(13-18)24(29-28-23)25(32)27-20-4-2-1-3-5-20/h1-7,12-15,21,31H,8-11,16H2,(H,27,32)(H,28,29). The molecule has 7 nitrogen and oxygen atoms in total. The van der Waals surface area contributed by atoms with Gasteiger partial charge in [-0.1, -0.05) is 24.3 Å². The Balaban J connectivity index is 1.39. The number of aliphatic hydroxyl groups is 1. The van der Waals surface area contributed by atoms with Gasteiger partial charge < -0.3 is 10.4 Å². The first-order valence-electron chi connectivity index (χ1n) is 10.8. The van der Waals surface area contributed by atoms with Crippen molar-refractivity contribution in [2.24, 2.45) is 0 Å². The van der Waals surface area contributed by atoms with Crippen LogP contribution in [0.1, 0.15) is 28.9 Å². The maximum atomic E-state index is 12.8. The topological polar surface area (TPSA) is 94.1 Å². The van der Waals surface area contributed by atoms with Gasteiger partial charge in [0.15, 0.2) is 5.69 Å². The van der Waals surface area contributed by atoms with Crippen LogP contribution in [-0.2, 0) is 6.54 Å². The maximum absolute atomic E-state index is 12.8. The van der Waals surface area contributed by atoms with Crippen LogP contribution in [0.4, 0.5) is 5.69 Å². The van der Waals surface area contributed by atoms with Crippen molar-refractivity contribution < 1.29 is 9.90 Å². The molecule has 1 fully saturated rings. The first kappa shape index (κ1) is 20.4. The Morgan fingerprint density at radius 3 is 2.69 bits per heavy atom. The molecule has 0 radical (unpaired) electrons. The van der Waals surface area contributed by atoms with E-state index in [1.54, 1.807) is 0 Å². The number of hydrogen-bond donors (Lipinski definition) is 3. The number of hydrogen-bond acceptors (Lipinski definition) is 5. The van der Waals surface area contributed by atoms with E-state index < -0.39 is 0 Å². The summed E-state index contributed by atoms with van der Waals surface area (Å²) in [5, 5.41) is 20.6. The van der Waals surface area contributed by atoms with Gasteiger partial charge in [-0.15, -0.1) is 0 Å². The van der Waals surface area contributed by atoms with E-state index >= 15 is 0 Å². The van der Waals surface area contributed by atoms with E-state index in [1.807, 2.05) is 60.9 Å². The number of nitrogens with zero attached hydrogens (tertiary/aromatic N) is 3. The largest absolute Gasteiger partial charge is 0.393 e. The van der Waals surface area contributed by atoms with Gasteiger partial charge >= 0.3 is 0 Å². The molecule has 0 spiro atoms. The normalized spacial score (nSPS) is 15.2. The van der Waals surface area contributed by atoms with Crippen molar-refractivity contribution in [2.45, 2.75) is 25.5 Å². The number of pyridine rings is 1. The van der Waals surface area contributed by atoms with Gasteiger partial charge in [0.25, 0.3) is 5.91 Å². The van der Waals surface area contributed by atoms with Crippen molar-refractivity contribution in [1.82, 2.24) is 20.1 Å². The average molecular weight is 428 g/mol. The molecular weight excluding hydrogens is 402 g/mol. The Bertz CT molecular complexity index is 1230. The predicted molar refractivity (Wildman–Crippen MR) is 124 cm³/mol. The zero-order chi connectivity index (χ0) is 21.9. The first-order chi connectivity index (χ1) is 15.7. The lowest BCUT2D eigenvalue weighted by Crippen LogP contribution is -2.35. The maximum Gasteiger partial charge on any atom is 0.276 e. The highest BCUT2D eigenvalue weighted by molar-refractivity contribution is 6.11. The number of benzene rings is 2. The number of piperidine rings is 1. The lowest BCUT2D eigenvalue weighted by atomic mass is 10.0. The summed E-state index contributed by atoms with van der Waals surface area (Å²) in [6.45, 7) is 2.60. The molecule has 32 heavy (non-hydrogen) atoms. The van der Waals surface area contributed by atoms with Crippen LogP contribution in [0.3, 0.4) is 0 Å². The number of anilines is 1. The molecule has 7 heteroatoms. The monoisotopic (exact) mass is 427 g/mol. The number of amides is 1. The van der Waals surface area contributed by atoms with Crippen molar-refractivity contribution in [3.05, 3.63) is 78.2 Å². The average Bonchev–Trinajstić information content (AvgIpc) is 3.25.